The van der Waals surface area contributed by atoms with Crippen LogP contribution in [0.5, 0.6) is 0 Å². The SMILES string of the molecule is CC(C)(C)OC(=O)N1CC(I)C1.CC(C)(C)OC(=O)N1CC(c2nnc(Cl)cc2N2CCC(CO[Si](C)(C)C(C)(C)C)CC2)C1.CC(C)(C)OC(=O)N1CC(c2nnccc2N2CCC(CO[Si](C)(C)C(C)(C)C)CC2)C1.CC(C)(C)[Si](C)(C)OCC1CCN(c2cc(Cl)nnc2Cl)CC1.Clc1cc(Cl)c(Cl)nn1.OCC1CCN(c2cc(Cl)nnc2Cl)CC1.OCC1CCNCC1. The molecule has 5 aromatic rings. The molecule has 0 aromatic carbocycles. The predicted molar refractivity (Wildman–Crippen MR) is 556 cm³/mol. The van der Waals surface area contributed by atoms with E-state index in [0.29, 0.717) is 97.1 Å². The van der Waals surface area contributed by atoms with Crippen molar-refractivity contribution in [1.82, 2.24) is 71.0 Å². The van der Waals surface area contributed by atoms with Crippen molar-refractivity contribution < 1.29 is 52.1 Å². The summed E-state index contributed by atoms with van der Waals surface area (Å²) < 4.78 is 36.1. The maximum absolute atomic E-state index is 12.3. The number of likely N-dealkylation sites (tertiary alicyclic amines) is 3. The molecule has 3 amide bonds. The molecule has 13 heterocycles. The molecule has 5 aromatic heterocycles. The number of aromatic nitrogens is 10. The molecule has 133 heavy (non-hydrogen) atoms. The molecule has 0 spiro atoms. The summed E-state index contributed by atoms with van der Waals surface area (Å²) >= 11 is 48.7. The van der Waals surface area contributed by atoms with Crippen molar-refractivity contribution in [2.75, 3.05) is 157 Å². The van der Waals surface area contributed by atoms with Crippen LogP contribution in [0.4, 0.5) is 37.1 Å². The van der Waals surface area contributed by atoms with Gasteiger partial charge in [0, 0.05) is 159 Å². The molecule has 41 heteroatoms. The first kappa shape index (κ1) is 116. The zero-order valence-electron chi connectivity index (χ0n) is 83.1. The molecule has 750 valence electrons. The lowest BCUT2D eigenvalue weighted by Gasteiger charge is -2.42. The van der Waals surface area contributed by atoms with Gasteiger partial charge in [0.1, 0.15) is 16.8 Å². The van der Waals surface area contributed by atoms with Crippen molar-refractivity contribution in [1.29, 1.82) is 0 Å². The molecule has 3 N–H and O–H groups in total. The number of carbonyl (C=O) groups is 3. The third-order valence-corrected chi connectivity index (χ3v) is 42.4. The number of halogens is 9. The van der Waals surface area contributed by atoms with Crippen molar-refractivity contribution in [2.24, 2.45) is 29.6 Å². The van der Waals surface area contributed by atoms with Crippen LogP contribution in [0.1, 0.15) is 212 Å². The van der Waals surface area contributed by atoms with Crippen LogP contribution in [-0.4, -0.2) is 278 Å². The third-order valence-electron chi connectivity index (χ3n) is 26.2. The topological polar surface area (TPSA) is 311 Å². The van der Waals surface area contributed by atoms with Crippen LogP contribution in [-0.2, 0) is 27.5 Å². The molecule has 0 aliphatic carbocycles. The normalized spacial score (nSPS) is 18.3. The minimum absolute atomic E-state index is 0.150. The molecule has 8 aliphatic rings. The molecule has 8 aliphatic heterocycles. The number of anilines is 4. The van der Waals surface area contributed by atoms with Crippen LogP contribution in [0.3, 0.4) is 0 Å². The number of ether oxygens (including phenoxy) is 3. The van der Waals surface area contributed by atoms with E-state index in [1.54, 1.807) is 33.0 Å². The van der Waals surface area contributed by atoms with E-state index in [2.05, 4.69) is 206 Å². The Kier molecular flexibility index (Phi) is 44.9. The average Bonchev–Trinajstić information content (AvgIpc) is 0.787. The molecule has 0 atom stereocenters. The highest BCUT2D eigenvalue weighted by molar-refractivity contribution is 14.1. The van der Waals surface area contributed by atoms with Gasteiger partial charge in [0.2, 0.25) is 0 Å². The van der Waals surface area contributed by atoms with E-state index in [1.165, 1.54) is 6.07 Å². The maximum atomic E-state index is 12.3. The Morgan fingerprint density at radius 1 is 0.383 bits per heavy atom. The van der Waals surface area contributed by atoms with E-state index in [-0.39, 0.29) is 67.7 Å². The number of alkyl halides is 1. The van der Waals surface area contributed by atoms with E-state index in [1.807, 2.05) is 68.4 Å². The molecular weight excluding hydrogens is 2030 g/mol. The van der Waals surface area contributed by atoms with Crippen LogP contribution in [0.2, 0.25) is 95.5 Å². The first-order valence-electron chi connectivity index (χ1n) is 46.7. The first-order chi connectivity index (χ1) is 61.7. The molecule has 0 unspecified atom stereocenters. The smallest absolute Gasteiger partial charge is 0.410 e. The summed E-state index contributed by atoms with van der Waals surface area (Å²) in [7, 11) is -5.07. The van der Waals surface area contributed by atoms with Gasteiger partial charge >= 0.3 is 18.3 Å². The summed E-state index contributed by atoms with van der Waals surface area (Å²) in [5.41, 5.74) is 4.52. The molecular formula is C92H151Cl8IN18O11Si3. The van der Waals surface area contributed by atoms with Gasteiger partial charge in [-0.25, -0.2) is 14.4 Å². The van der Waals surface area contributed by atoms with Crippen LogP contribution >= 0.6 is 115 Å². The quantitative estimate of drug-likeness (QED) is 0.0337. The van der Waals surface area contributed by atoms with Crippen LogP contribution in [0, 0.1) is 29.6 Å². The Bertz CT molecular complexity index is 4440. The largest absolute Gasteiger partial charge is 0.444 e. The summed E-state index contributed by atoms with van der Waals surface area (Å²) in [6.45, 7) is 68.5. The lowest BCUT2D eigenvalue weighted by molar-refractivity contribution is 0.00691. The van der Waals surface area contributed by atoms with E-state index in [9.17, 15) is 14.4 Å². The lowest BCUT2D eigenvalue weighted by atomic mass is 9.93. The predicted octanol–water partition coefficient (Wildman–Crippen LogP) is 22.2. The highest BCUT2D eigenvalue weighted by Gasteiger charge is 2.44. The Morgan fingerprint density at radius 3 is 0.977 bits per heavy atom. The van der Waals surface area contributed by atoms with Gasteiger partial charge in [-0.05, 0) is 236 Å². The Hall–Kier alpha value is -4.13. The van der Waals surface area contributed by atoms with E-state index in [4.69, 9.17) is 131 Å². The zero-order chi connectivity index (χ0) is 99.2. The van der Waals surface area contributed by atoms with Gasteiger partial charge in [-0.3, -0.25) is 0 Å². The van der Waals surface area contributed by atoms with E-state index >= 15 is 0 Å². The number of nitrogens with one attached hydrogen (secondary N) is 1. The van der Waals surface area contributed by atoms with Crippen molar-refractivity contribution in [2.45, 2.75) is 276 Å². The fourth-order valence-corrected chi connectivity index (χ4v) is 20.0. The Balaban J connectivity index is 0.000000223. The minimum Gasteiger partial charge on any atom is -0.444 e. The lowest BCUT2D eigenvalue weighted by Crippen LogP contribution is -2.52. The number of aliphatic hydroxyl groups excluding tert-OH is 2. The second-order valence-electron chi connectivity index (χ2n) is 43.4. The van der Waals surface area contributed by atoms with Crippen LogP contribution in [0.25, 0.3) is 0 Å². The van der Waals surface area contributed by atoms with Gasteiger partial charge < -0.3 is 77.3 Å². The molecule has 8 fully saturated rings. The van der Waals surface area contributed by atoms with Gasteiger partial charge in [-0.1, -0.05) is 178 Å². The summed E-state index contributed by atoms with van der Waals surface area (Å²) in [4.78, 5) is 50.3. The van der Waals surface area contributed by atoms with Gasteiger partial charge in [0.25, 0.3) is 0 Å². The summed E-state index contributed by atoms with van der Waals surface area (Å²) in [5, 5.41) is 63.5. The average molecular weight is 2180 g/mol. The van der Waals surface area contributed by atoms with Gasteiger partial charge in [-0.15, -0.1) is 35.7 Å². The van der Waals surface area contributed by atoms with Gasteiger partial charge in [-0.2, -0.15) is 15.3 Å². The van der Waals surface area contributed by atoms with Crippen LogP contribution < -0.4 is 24.9 Å². The molecule has 8 saturated heterocycles. The molecule has 0 radical (unpaired) electrons. The van der Waals surface area contributed by atoms with Crippen molar-refractivity contribution in [3.8, 4) is 0 Å². The highest BCUT2D eigenvalue weighted by atomic mass is 127. The van der Waals surface area contributed by atoms with Crippen molar-refractivity contribution >= 4 is 181 Å². The molecule has 0 saturated carbocycles. The second-order valence-corrected chi connectivity index (χ2v) is 62.6. The maximum Gasteiger partial charge on any atom is 0.410 e. The number of carbonyl (C=O) groups excluding carboxylic acids is 3. The summed E-state index contributed by atoms with van der Waals surface area (Å²) in [6.07, 6.45) is 11.9. The Morgan fingerprint density at radius 2 is 0.669 bits per heavy atom. The fraction of sp³-hybridized carbons (Fsp3) is 0.750. The number of nitrogens with zero attached hydrogens (tertiary/aromatic N) is 17. The van der Waals surface area contributed by atoms with Crippen LogP contribution in [0.15, 0.2) is 36.5 Å². The number of piperidine rings is 5. The van der Waals surface area contributed by atoms with E-state index in [0.717, 1.165) is 197 Å². The molecule has 29 nitrogen and oxygen atoms in total. The number of aliphatic hydroxyl groups is 2. The number of hydrogen-bond donors (Lipinski definition) is 3. The van der Waals surface area contributed by atoms with E-state index < -0.39 is 36.2 Å². The zero-order valence-corrected chi connectivity index (χ0v) is 94.3. The Labute approximate surface area is 849 Å². The summed E-state index contributed by atoms with van der Waals surface area (Å²) in [5.74, 6) is 3.16. The summed E-state index contributed by atoms with van der Waals surface area (Å²) in [6, 6.07) is 8.95. The van der Waals surface area contributed by atoms with Gasteiger partial charge in [0.05, 0.1) is 45.4 Å². The molecule has 13 rings (SSSR count). The van der Waals surface area contributed by atoms with Crippen molar-refractivity contribution in [3.63, 3.8) is 0 Å². The first-order valence-corrected chi connectivity index (χ1v) is 59.7. The number of amides is 3. The third kappa shape index (κ3) is 38.0. The second kappa shape index (κ2) is 51.5. The highest BCUT2D eigenvalue weighted by Crippen LogP contribution is 2.44. The monoisotopic (exact) mass is 2170 g/mol. The minimum atomic E-state index is -1.72. The van der Waals surface area contributed by atoms with Gasteiger partial charge in [0.15, 0.2) is 61.0 Å². The standard InChI is InChI=1S/C24H41ClN4O3Si.C24H42N4O3Si.C16H27Cl2N3OSi.C10H13Cl2N3O.C8H14INO2.C6H13NO.C4HCl3N2/c1-23(2,3)32-22(30)29-14-18(15-29)21-19(13-20(25)26-27-21)28-11-9-17(10-12-28)16-31-33(7,8)24(4,5)6;1-23(2,3)31-22(29)28-15-19(16-28)21-20(9-12-25-26-21)27-13-10-18(11-14-27)17-30-32(7,8)24(4,5)6;1-16(2,3)23(4,5)22-11-12-6-8-21(9-7-12)13-10-14(17)19-20-15(13)18;11-9-5-8(10(12)14-13-9)15-3-1-7(6-16)2-4-15;1-8(2,3)12-7(11)10-4-6(9)5-10;8-5-6-1-3-7-4-2-6;5-2-1-3(6)8-9-4(2)7/h13,17-18H,9-12,14-16H2,1-8H3;9,12,18-19H,10-11,13-17H2,1-8H3;10,12H,6-9,11H2,1-5H3;5,7,16H,1-4,6H2;6H,4-5H2,1-3H3;6-8H,1-5H2;1H. The fourth-order valence-electron chi connectivity index (χ4n) is 14.5. The molecule has 0 bridgehead atoms. The van der Waals surface area contributed by atoms with Crippen molar-refractivity contribution in [3.05, 3.63) is 89.0 Å². The number of hydrogen-bond acceptors (Lipinski definition) is 26. The number of rotatable bonds is 17.